The first-order valence-electron chi connectivity index (χ1n) is 7.10. The lowest BCUT2D eigenvalue weighted by Crippen LogP contribution is -2.38. The van der Waals surface area contributed by atoms with Crippen LogP contribution in [-0.4, -0.2) is 29.4 Å². The van der Waals surface area contributed by atoms with E-state index in [1.165, 1.54) is 6.07 Å². The minimum atomic E-state index is -4.38. The Bertz CT molecular complexity index is 518. The van der Waals surface area contributed by atoms with Crippen molar-refractivity contribution in [2.24, 2.45) is 5.92 Å². The van der Waals surface area contributed by atoms with E-state index in [9.17, 15) is 18.0 Å². The van der Waals surface area contributed by atoms with Crippen molar-refractivity contribution in [2.45, 2.75) is 36.4 Å². The Labute approximate surface area is 131 Å². The second-order valence-corrected chi connectivity index (χ2v) is 6.39. The number of aliphatic hydroxyl groups excluding tert-OH is 1. The van der Waals surface area contributed by atoms with Crippen molar-refractivity contribution in [3.63, 3.8) is 0 Å². The van der Waals surface area contributed by atoms with Gasteiger partial charge < -0.3 is 10.4 Å². The van der Waals surface area contributed by atoms with Crippen LogP contribution in [0.5, 0.6) is 0 Å². The zero-order valence-corrected chi connectivity index (χ0v) is 12.7. The van der Waals surface area contributed by atoms with Crippen LogP contribution in [0.2, 0.25) is 0 Å². The third kappa shape index (κ3) is 5.21. The zero-order valence-electron chi connectivity index (χ0n) is 11.9. The molecule has 1 aromatic rings. The highest BCUT2D eigenvalue weighted by Crippen LogP contribution is 2.34. The lowest BCUT2D eigenvalue weighted by Gasteiger charge is -2.17. The number of alkyl halides is 3. The minimum absolute atomic E-state index is 0.0161. The molecule has 1 saturated carbocycles. The molecular formula is C15H18F3NO2S. The van der Waals surface area contributed by atoms with E-state index in [0.29, 0.717) is 17.2 Å². The molecule has 2 N–H and O–H groups in total. The largest absolute Gasteiger partial charge is 0.416 e. The molecule has 0 aromatic heterocycles. The van der Waals surface area contributed by atoms with E-state index < -0.39 is 11.7 Å². The standard InChI is InChI=1S/C15H18F3NO2S/c16-15(17,18)11-2-1-3-12(8-11)22-9-14(21)19-13(6-7-20)10-4-5-10/h1-3,8,10,13,20H,4-7,9H2,(H,19,21). The van der Waals surface area contributed by atoms with E-state index in [4.69, 9.17) is 5.11 Å². The van der Waals surface area contributed by atoms with Gasteiger partial charge in [0.05, 0.1) is 11.3 Å². The first kappa shape index (κ1) is 17.1. The number of aliphatic hydroxyl groups is 1. The van der Waals surface area contributed by atoms with Crippen LogP contribution in [-0.2, 0) is 11.0 Å². The van der Waals surface area contributed by atoms with Gasteiger partial charge in [-0.2, -0.15) is 13.2 Å². The predicted octanol–water partition coefficient (Wildman–Crippen LogP) is 3.07. The van der Waals surface area contributed by atoms with Gasteiger partial charge in [0.15, 0.2) is 0 Å². The van der Waals surface area contributed by atoms with Gasteiger partial charge in [0.2, 0.25) is 5.91 Å². The van der Waals surface area contributed by atoms with E-state index in [1.54, 1.807) is 6.07 Å². The van der Waals surface area contributed by atoms with Gasteiger partial charge in [-0.25, -0.2) is 0 Å². The maximum Gasteiger partial charge on any atom is 0.416 e. The third-order valence-corrected chi connectivity index (χ3v) is 4.50. The second kappa shape index (κ2) is 7.37. The average Bonchev–Trinajstić information content (AvgIpc) is 3.29. The first-order valence-corrected chi connectivity index (χ1v) is 8.09. The van der Waals surface area contributed by atoms with Crippen LogP contribution in [0.4, 0.5) is 13.2 Å². The monoisotopic (exact) mass is 333 g/mol. The summed E-state index contributed by atoms with van der Waals surface area (Å²) in [4.78, 5) is 12.3. The molecule has 2 rings (SSSR count). The lowest BCUT2D eigenvalue weighted by atomic mass is 10.1. The van der Waals surface area contributed by atoms with Crippen molar-refractivity contribution in [1.29, 1.82) is 0 Å². The van der Waals surface area contributed by atoms with E-state index in [1.807, 2.05) is 0 Å². The quantitative estimate of drug-likeness (QED) is 0.754. The summed E-state index contributed by atoms with van der Waals surface area (Å²) in [6, 6.07) is 4.92. The van der Waals surface area contributed by atoms with Gasteiger partial charge in [-0.3, -0.25) is 4.79 Å². The van der Waals surface area contributed by atoms with Crippen molar-refractivity contribution < 1.29 is 23.1 Å². The molecule has 1 aliphatic carbocycles. The molecule has 3 nitrogen and oxygen atoms in total. The number of nitrogens with one attached hydrogen (secondary N) is 1. The number of benzene rings is 1. The van der Waals surface area contributed by atoms with Gasteiger partial charge in [-0.05, 0) is 43.4 Å². The first-order chi connectivity index (χ1) is 10.4. The third-order valence-electron chi connectivity index (χ3n) is 3.51. The van der Waals surface area contributed by atoms with Gasteiger partial charge in [-0.15, -0.1) is 11.8 Å². The van der Waals surface area contributed by atoms with Crippen LogP contribution in [0, 0.1) is 5.92 Å². The number of thioether (sulfide) groups is 1. The predicted molar refractivity (Wildman–Crippen MR) is 78.5 cm³/mol. The smallest absolute Gasteiger partial charge is 0.396 e. The van der Waals surface area contributed by atoms with Crippen LogP contribution >= 0.6 is 11.8 Å². The molecule has 1 aliphatic rings. The SMILES string of the molecule is O=C(CSc1cccc(C(F)(F)F)c1)NC(CCO)C1CC1. The molecule has 1 unspecified atom stereocenters. The second-order valence-electron chi connectivity index (χ2n) is 5.34. The average molecular weight is 333 g/mol. The molecule has 1 fully saturated rings. The Morgan fingerprint density at radius 2 is 2.14 bits per heavy atom. The van der Waals surface area contributed by atoms with E-state index in [-0.39, 0.29) is 24.3 Å². The molecule has 0 bridgehead atoms. The van der Waals surface area contributed by atoms with Gasteiger partial charge in [0.1, 0.15) is 0 Å². The molecule has 122 valence electrons. The Morgan fingerprint density at radius 1 is 1.41 bits per heavy atom. The maximum atomic E-state index is 12.6. The summed E-state index contributed by atoms with van der Waals surface area (Å²) in [5.74, 6) is 0.276. The fourth-order valence-electron chi connectivity index (χ4n) is 2.22. The highest BCUT2D eigenvalue weighted by molar-refractivity contribution is 8.00. The van der Waals surface area contributed by atoms with E-state index >= 15 is 0 Å². The topological polar surface area (TPSA) is 49.3 Å². The van der Waals surface area contributed by atoms with Crippen LogP contribution in [0.25, 0.3) is 0 Å². The molecule has 0 radical (unpaired) electrons. The lowest BCUT2D eigenvalue weighted by molar-refractivity contribution is -0.137. The van der Waals surface area contributed by atoms with Gasteiger partial charge in [0, 0.05) is 17.5 Å². The molecule has 0 spiro atoms. The number of carbonyl (C=O) groups excluding carboxylic acids is 1. The molecule has 1 aromatic carbocycles. The summed E-state index contributed by atoms with van der Waals surface area (Å²) in [6.45, 7) is 0.0161. The Hall–Kier alpha value is -1.21. The number of amides is 1. The summed E-state index contributed by atoms with van der Waals surface area (Å²) >= 11 is 1.08. The highest BCUT2D eigenvalue weighted by Gasteiger charge is 2.32. The number of hydrogen-bond acceptors (Lipinski definition) is 3. The fourth-order valence-corrected chi connectivity index (χ4v) is 2.99. The van der Waals surface area contributed by atoms with Gasteiger partial charge in [0.25, 0.3) is 0 Å². The molecule has 0 saturated heterocycles. The fraction of sp³-hybridized carbons (Fsp3) is 0.533. The number of halogens is 3. The summed E-state index contributed by atoms with van der Waals surface area (Å²) in [5, 5.41) is 11.8. The van der Waals surface area contributed by atoms with Crippen molar-refractivity contribution >= 4 is 17.7 Å². The van der Waals surface area contributed by atoms with Crippen LogP contribution in [0.3, 0.4) is 0 Å². The Morgan fingerprint density at radius 3 is 2.73 bits per heavy atom. The van der Waals surface area contributed by atoms with E-state index in [2.05, 4.69) is 5.32 Å². The molecule has 7 heteroatoms. The number of hydrogen-bond donors (Lipinski definition) is 2. The number of rotatable bonds is 7. The van der Waals surface area contributed by atoms with Crippen molar-refractivity contribution in [2.75, 3.05) is 12.4 Å². The summed E-state index contributed by atoms with van der Waals surface area (Å²) in [5.41, 5.74) is -0.714. The molecule has 1 atom stereocenters. The summed E-state index contributed by atoms with van der Waals surface area (Å²) in [7, 11) is 0. The van der Waals surface area contributed by atoms with Crippen LogP contribution in [0.15, 0.2) is 29.2 Å². The number of carbonyl (C=O) groups is 1. The van der Waals surface area contributed by atoms with Gasteiger partial charge in [-0.1, -0.05) is 6.07 Å². The normalized spacial score (nSPS) is 16.4. The highest BCUT2D eigenvalue weighted by atomic mass is 32.2. The molecule has 1 amide bonds. The van der Waals surface area contributed by atoms with Crippen LogP contribution < -0.4 is 5.32 Å². The zero-order chi connectivity index (χ0) is 16.2. The van der Waals surface area contributed by atoms with Gasteiger partial charge >= 0.3 is 6.18 Å². The molecule has 0 aliphatic heterocycles. The summed E-state index contributed by atoms with van der Waals surface area (Å²) < 4.78 is 37.8. The Kier molecular flexibility index (Phi) is 5.74. The van der Waals surface area contributed by atoms with Crippen molar-refractivity contribution in [3.8, 4) is 0 Å². The van der Waals surface area contributed by atoms with Crippen molar-refractivity contribution in [3.05, 3.63) is 29.8 Å². The minimum Gasteiger partial charge on any atom is -0.396 e. The molecule has 22 heavy (non-hydrogen) atoms. The maximum absolute atomic E-state index is 12.6. The van der Waals surface area contributed by atoms with E-state index in [0.717, 1.165) is 36.7 Å². The van der Waals surface area contributed by atoms with Crippen LogP contribution in [0.1, 0.15) is 24.8 Å². The summed E-state index contributed by atoms with van der Waals surface area (Å²) in [6.07, 6.45) is -1.76. The molecule has 0 heterocycles. The molecular weight excluding hydrogens is 315 g/mol. The van der Waals surface area contributed by atoms with Crippen molar-refractivity contribution in [1.82, 2.24) is 5.32 Å². The Balaban J connectivity index is 1.85.